The van der Waals surface area contributed by atoms with Gasteiger partial charge in [-0.25, -0.2) is 0 Å². The number of nitrogens with zero attached hydrogens (tertiary/aromatic N) is 4. The van der Waals surface area contributed by atoms with E-state index in [1.54, 1.807) is 7.11 Å². The van der Waals surface area contributed by atoms with Crippen molar-refractivity contribution in [2.75, 3.05) is 78.0 Å². The molecule has 2 heterocycles. The maximum Gasteiger partial charge on any atom is 0.191 e. The zero-order chi connectivity index (χ0) is 21.3. The first-order chi connectivity index (χ1) is 14.6. The van der Waals surface area contributed by atoms with E-state index in [0.29, 0.717) is 6.04 Å². The molecule has 2 saturated heterocycles. The summed E-state index contributed by atoms with van der Waals surface area (Å²) in [7, 11) is 3.91. The first-order valence-corrected chi connectivity index (χ1v) is 11.5. The third kappa shape index (κ3) is 8.14. The van der Waals surface area contributed by atoms with E-state index in [-0.39, 0.29) is 24.0 Å². The van der Waals surface area contributed by atoms with E-state index >= 15 is 0 Å². The molecule has 2 aliphatic heterocycles. The first kappa shape index (κ1) is 26.3. The molecule has 1 aromatic rings. The number of nitrogens with one attached hydrogen (secondary N) is 2. The number of likely N-dealkylation sites (N-methyl/N-ethyl adjacent to an activating group) is 1. The van der Waals surface area contributed by atoms with Gasteiger partial charge in [-0.2, -0.15) is 0 Å². The zero-order valence-corrected chi connectivity index (χ0v) is 22.2. The number of hydrogen-bond acceptors (Lipinski definition) is 5. The molecule has 1 aromatic carbocycles. The van der Waals surface area contributed by atoms with Crippen molar-refractivity contribution in [1.82, 2.24) is 20.4 Å². The fourth-order valence-corrected chi connectivity index (χ4v) is 4.31. The standard InChI is InChI=1S/C22H37ClN6O.HI/c1-4-24-22(25-9-13-28-11-5-10-27(2)14-15-28)26-19-8-12-29(17-19)20-16-18(23)6-7-21(20)30-3;/h6-7,16,19H,4-5,8-15,17H2,1-3H3,(H2,24,25,26);1H. The monoisotopic (exact) mass is 564 g/mol. The smallest absolute Gasteiger partial charge is 0.191 e. The lowest BCUT2D eigenvalue weighted by atomic mass is 10.2. The van der Waals surface area contributed by atoms with Crippen molar-refractivity contribution >= 4 is 47.2 Å². The van der Waals surface area contributed by atoms with Gasteiger partial charge in [0.1, 0.15) is 5.75 Å². The molecule has 0 saturated carbocycles. The van der Waals surface area contributed by atoms with Crippen LogP contribution in [0.4, 0.5) is 5.69 Å². The van der Waals surface area contributed by atoms with Gasteiger partial charge in [0.15, 0.2) is 5.96 Å². The number of anilines is 1. The van der Waals surface area contributed by atoms with Gasteiger partial charge < -0.3 is 30.1 Å². The van der Waals surface area contributed by atoms with Crippen LogP contribution < -0.4 is 20.3 Å². The fourth-order valence-electron chi connectivity index (χ4n) is 4.15. The highest BCUT2D eigenvalue weighted by Gasteiger charge is 2.25. The number of methoxy groups -OCH3 is 1. The average Bonchev–Trinajstić information content (AvgIpc) is 3.10. The Bertz CT molecular complexity index is 707. The highest BCUT2D eigenvalue weighted by molar-refractivity contribution is 14.0. The predicted molar refractivity (Wildman–Crippen MR) is 142 cm³/mol. The van der Waals surface area contributed by atoms with Crippen LogP contribution in [0.3, 0.4) is 0 Å². The van der Waals surface area contributed by atoms with Crippen LogP contribution in [0, 0.1) is 0 Å². The van der Waals surface area contributed by atoms with E-state index in [1.807, 2.05) is 18.2 Å². The van der Waals surface area contributed by atoms with Gasteiger partial charge in [0, 0.05) is 50.3 Å². The van der Waals surface area contributed by atoms with Gasteiger partial charge in [-0.3, -0.25) is 4.99 Å². The number of rotatable bonds is 7. The van der Waals surface area contributed by atoms with Crippen LogP contribution in [-0.4, -0.2) is 94.9 Å². The molecule has 7 nitrogen and oxygen atoms in total. The summed E-state index contributed by atoms with van der Waals surface area (Å²) in [6, 6.07) is 6.14. The molecule has 1 unspecified atom stereocenters. The molecule has 0 bridgehead atoms. The molecule has 0 aromatic heterocycles. The van der Waals surface area contributed by atoms with E-state index in [1.165, 1.54) is 19.5 Å². The zero-order valence-electron chi connectivity index (χ0n) is 19.1. The van der Waals surface area contributed by atoms with Gasteiger partial charge in [-0.1, -0.05) is 11.6 Å². The normalized spacial score (nSPS) is 20.8. The van der Waals surface area contributed by atoms with Gasteiger partial charge >= 0.3 is 0 Å². The van der Waals surface area contributed by atoms with Crippen LogP contribution in [-0.2, 0) is 0 Å². The fraction of sp³-hybridized carbons (Fsp3) is 0.682. The maximum atomic E-state index is 6.22. The SMILES string of the molecule is CCNC(=NCCN1CCCN(C)CC1)NC1CCN(c2cc(Cl)ccc2OC)C1.I. The molecule has 31 heavy (non-hydrogen) atoms. The van der Waals surface area contributed by atoms with Crippen molar-refractivity contribution in [2.45, 2.75) is 25.8 Å². The second-order valence-corrected chi connectivity index (χ2v) is 8.59. The summed E-state index contributed by atoms with van der Waals surface area (Å²) < 4.78 is 5.53. The average molecular weight is 565 g/mol. The summed E-state index contributed by atoms with van der Waals surface area (Å²) in [4.78, 5) is 12.1. The first-order valence-electron chi connectivity index (χ1n) is 11.1. The van der Waals surface area contributed by atoms with Crippen LogP contribution in [0.2, 0.25) is 5.02 Å². The van der Waals surface area contributed by atoms with Crippen LogP contribution >= 0.6 is 35.6 Å². The third-order valence-corrected chi connectivity index (χ3v) is 6.09. The number of ether oxygens (including phenoxy) is 1. The Morgan fingerprint density at radius 1 is 1.23 bits per heavy atom. The van der Waals surface area contributed by atoms with Crippen LogP contribution in [0.1, 0.15) is 19.8 Å². The lowest BCUT2D eigenvalue weighted by molar-refractivity contribution is 0.283. The highest BCUT2D eigenvalue weighted by atomic mass is 127. The van der Waals surface area contributed by atoms with Crippen LogP contribution in [0.15, 0.2) is 23.2 Å². The minimum Gasteiger partial charge on any atom is -0.495 e. The molecule has 2 aliphatic rings. The number of halogens is 2. The lowest BCUT2D eigenvalue weighted by Crippen LogP contribution is -2.45. The van der Waals surface area contributed by atoms with Crippen molar-refractivity contribution in [3.63, 3.8) is 0 Å². The van der Waals surface area contributed by atoms with Crippen molar-refractivity contribution < 1.29 is 4.74 Å². The number of benzene rings is 1. The number of guanidine groups is 1. The molecule has 0 spiro atoms. The summed E-state index contributed by atoms with van der Waals surface area (Å²) in [5.74, 6) is 1.78. The predicted octanol–water partition coefficient (Wildman–Crippen LogP) is 2.74. The van der Waals surface area contributed by atoms with Gasteiger partial charge in [-0.15, -0.1) is 24.0 Å². The molecule has 176 valence electrons. The molecule has 2 fully saturated rings. The second kappa shape index (κ2) is 13.5. The Balaban J connectivity index is 0.00000341. The molecule has 3 rings (SSSR count). The van der Waals surface area contributed by atoms with E-state index in [2.05, 4.69) is 39.3 Å². The van der Waals surface area contributed by atoms with Crippen LogP contribution in [0.25, 0.3) is 0 Å². The minimum atomic E-state index is 0. The minimum absolute atomic E-state index is 0. The molecule has 0 aliphatic carbocycles. The van der Waals surface area contributed by atoms with Gasteiger partial charge in [0.2, 0.25) is 0 Å². The van der Waals surface area contributed by atoms with Crippen LogP contribution in [0.5, 0.6) is 5.75 Å². The molecular weight excluding hydrogens is 527 g/mol. The number of hydrogen-bond donors (Lipinski definition) is 2. The number of aliphatic imine (C=N–C) groups is 1. The van der Waals surface area contributed by atoms with E-state index in [9.17, 15) is 0 Å². The quantitative estimate of drug-likeness (QED) is 0.302. The van der Waals surface area contributed by atoms with Gasteiger partial charge in [0.05, 0.1) is 19.3 Å². The third-order valence-electron chi connectivity index (χ3n) is 5.85. The lowest BCUT2D eigenvalue weighted by Gasteiger charge is -2.23. The molecule has 0 radical (unpaired) electrons. The molecule has 0 amide bonds. The van der Waals surface area contributed by atoms with Gasteiger partial charge in [-0.05, 0) is 58.1 Å². The van der Waals surface area contributed by atoms with E-state index in [4.69, 9.17) is 21.3 Å². The molecule has 2 N–H and O–H groups in total. The molecular formula is C22H38ClIN6O. The maximum absolute atomic E-state index is 6.22. The second-order valence-electron chi connectivity index (χ2n) is 8.15. The van der Waals surface area contributed by atoms with Gasteiger partial charge in [0.25, 0.3) is 0 Å². The summed E-state index contributed by atoms with van der Waals surface area (Å²) in [5.41, 5.74) is 1.06. The summed E-state index contributed by atoms with van der Waals surface area (Å²) in [6.45, 7) is 11.3. The van der Waals surface area contributed by atoms with E-state index in [0.717, 1.165) is 74.7 Å². The summed E-state index contributed by atoms with van der Waals surface area (Å²) >= 11 is 6.22. The van der Waals surface area contributed by atoms with Crippen molar-refractivity contribution in [1.29, 1.82) is 0 Å². The summed E-state index contributed by atoms with van der Waals surface area (Å²) in [5, 5.41) is 7.76. The molecule has 9 heteroatoms. The Labute approximate surface area is 209 Å². The van der Waals surface area contributed by atoms with Crippen molar-refractivity contribution in [2.24, 2.45) is 4.99 Å². The topological polar surface area (TPSA) is 55.4 Å². The Kier molecular flexibility index (Phi) is 11.5. The van der Waals surface area contributed by atoms with Crippen molar-refractivity contribution in [3.05, 3.63) is 23.2 Å². The Morgan fingerprint density at radius 2 is 2.06 bits per heavy atom. The molecule has 1 atom stereocenters. The largest absolute Gasteiger partial charge is 0.495 e. The Morgan fingerprint density at radius 3 is 2.84 bits per heavy atom. The highest BCUT2D eigenvalue weighted by Crippen LogP contribution is 2.33. The van der Waals surface area contributed by atoms with E-state index < -0.39 is 0 Å². The summed E-state index contributed by atoms with van der Waals surface area (Å²) in [6.07, 6.45) is 2.29. The Hall–Kier alpha value is -0.970. The van der Waals surface area contributed by atoms with Crippen molar-refractivity contribution in [3.8, 4) is 5.75 Å².